The molecule has 4 heterocycles. The first-order chi connectivity index (χ1) is 14.3. The first-order valence-corrected chi connectivity index (χ1v) is 10.7. The van der Waals surface area contributed by atoms with Gasteiger partial charge in [0, 0.05) is 32.4 Å². The normalized spacial score (nSPS) is 15.3. The first-order valence-electron chi connectivity index (χ1n) is 9.84. The van der Waals surface area contributed by atoms with Crippen LogP contribution < -0.4 is 4.90 Å². The topological polar surface area (TPSA) is 86.7 Å². The third kappa shape index (κ3) is 3.70. The molecule has 4 aromatic rings. The highest BCUT2D eigenvalue weighted by Gasteiger charge is 2.23. The number of nitrogens with one attached hydrogen (secondary N) is 1. The van der Waals surface area contributed by atoms with Crippen LogP contribution in [0, 0.1) is 0 Å². The van der Waals surface area contributed by atoms with Gasteiger partial charge < -0.3 is 4.90 Å². The molecule has 1 N–H and O–H groups in total. The Morgan fingerprint density at radius 3 is 2.76 bits per heavy atom. The van der Waals surface area contributed by atoms with E-state index in [0.717, 1.165) is 56.0 Å². The number of tetrazole rings is 1. The molecular formula is C20H22N8S. The predicted octanol–water partition coefficient (Wildman–Crippen LogP) is 2.76. The third-order valence-electron chi connectivity index (χ3n) is 5.30. The lowest BCUT2D eigenvalue weighted by Gasteiger charge is -2.36. The number of hydrogen-bond acceptors (Lipinski definition) is 8. The van der Waals surface area contributed by atoms with E-state index in [2.05, 4.69) is 66.6 Å². The maximum Gasteiger partial charge on any atom is 0.225 e. The van der Waals surface area contributed by atoms with Crippen molar-refractivity contribution in [1.29, 1.82) is 0 Å². The van der Waals surface area contributed by atoms with Crippen molar-refractivity contribution in [2.45, 2.75) is 19.9 Å². The van der Waals surface area contributed by atoms with Gasteiger partial charge in [0.1, 0.15) is 10.7 Å². The fourth-order valence-corrected chi connectivity index (χ4v) is 4.70. The van der Waals surface area contributed by atoms with Gasteiger partial charge in [-0.15, -0.1) is 21.5 Å². The molecule has 5 rings (SSSR count). The SMILES string of the molecule is CCc1cnc(-c2nn[nH]n2)c(N2CCN(Cc3nc4ccccc4s3)CC2)c1. The minimum atomic E-state index is 0.541. The van der Waals surface area contributed by atoms with Crippen molar-refractivity contribution in [2.24, 2.45) is 0 Å². The second-order valence-electron chi connectivity index (χ2n) is 7.14. The van der Waals surface area contributed by atoms with Crippen LogP contribution in [-0.4, -0.2) is 61.7 Å². The zero-order valence-electron chi connectivity index (χ0n) is 16.2. The van der Waals surface area contributed by atoms with Gasteiger partial charge in [0.05, 0.1) is 22.4 Å². The van der Waals surface area contributed by atoms with Crippen molar-refractivity contribution in [2.75, 3.05) is 31.1 Å². The van der Waals surface area contributed by atoms with E-state index in [0.29, 0.717) is 5.82 Å². The molecule has 0 bridgehead atoms. The zero-order chi connectivity index (χ0) is 19.6. The molecule has 9 heteroatoms. The Balaban J connectivity index is 1.31. The number of piperazine rings is 1. The van der Waals surface area contributed by atoms with Gasteiger partial charge in [-0.3, -0.25) is 9.88 Å². The predicted molar refractivity (Wildman–Crippen MR) is 114 cm³/mol. The van der Waals surface area contributed by atoms with Crippen molar-refractivity contribution < 1.29 is 0 Å². The zero-order valence-corrected chi connectivity index (χ0v) is 17.1. The lowest BCUT2D eigenvalue weighted by atomic mass is 10.1. The Morgan fingerprint density at radius 1 is 1.14 bits per heavy atom. The standard InChI is InChI=1S/C20H22N8S/c1-2-14-11-16(19(21-12-14)20-23-25-26-24-20)28-9-7-27(8-10-28)13-18-22-15-5-3-4-6-17(15)29-18/h3-6,11-12H,2,7-10,13H2,1H3,(H,23,24,25,26). The highest BCUT2D eigenvalue weighted by molar-refractivity contribution is 7.18. The molecule has 1 saturated heterocycles. The number of para-hydroxylation sites is 1. The lowest BCUT2D eigenvalue weighted by molar-refractivity contribution is 0.249. The Hall–Kier alpha value is -2.91. The third-order valence-corrected chi connectivity index (χ3v) is 6.32. The Labute approximate surface area is 172 Å². The highest BCUT2D eigenvalue weighted by atomic mass is 32.1. The fraction of sp³-hybridized carbons (Fsp3) is 0.350. The molecule has 1 aliphatic rings. The summed E-state index contributed by atoms with van der Waals surface area (Å²) in [6.45, 7) is 6.88. The second-order valence-corrected chi connectivity index (χ2v) is 8.25. The van der Waals surface area contributed by atoms with E-state index in [-0.39, 0.29) is 0 Å². The van der Waals surface area contributed by atoms with Gasteiger partial charge in [-0.05, 0) is 35.4 Å². The van der Waals surface area contributed by atoms with E-state index in [1.54, 1.807) is 11.3 Å². The molecule has 3 aromatic heterocycles. The summed E-state index contributed by atoms with van der Waals surface area (Å²) >= 11 is 1.79. The number of aromatic amines is 1. The largest absolute Gasteiger partial charge is 0.367 e. The minimum Gasteiger partial charge on any atom is -0.367 e. The molecule has 0 unspecified atom stereocenters. The molecular weight excluding hydrogens is 384 g/mol. The van der Waals surface area contributed by atoms with Gasteiger partial charge in [0.15, 0.2) is 0 Å². The van der Waals surface area contributed by atoms with E-state index in [4.69, 9.17) is 4.98 Å². The first kappa shape index (κ1) is 18.1. The number of aromatic nitrogens is 6. The van der Waals surface area contributed by atoms with E-state index in [1.807, 2.05) is 12.3 Å². The Kier molecular flexibility index (Phi) is 4.91. The van der Waals surface area contributed by atoms with E-state index in [9.17, 15) is 0 Å². The molecule has 1 aliphatic heterocycles. The quantitative estimate of drug-likeness (QED) is 0.545. The molecule has 29 heavy (non-hydrogen) atoms. The van der Waals surface area contributed by atoms with Gasteiger partial charge in [-0.2, -0.15) is 5.21 Å². The molecule has 148 valence electrons. The molecule has 1 fully saturated rings. The van der Waals surface area contributed by atoms with Crippen molar-refractivity contribution >= 4 is 27.2 Å². The number of rotatable bonds is 5. The van der Waals surface area contributed by atoms with Gasteiger partial charge in [-0.1, -0.05) is 19.1 Å². The lowest BCUT2D eigenvalue weighted by Crippen LogP contribution is -2.46. The van der Waals surface area contributed by atoms with Gasteiger partial charge >= 0.3 is 0 Å². The maximum absolute atomic E-state index is 4.78. The Bertz CT molecular complexity index is 1070. The summed E-state index contributed by atoms with van der Waals surface area (Å²) in [6, 6.07) is 10.6. The van der Waals surface area contributed by atoms with Crippen LogP contribution in [-0.2, 0) is 13.0 Å². The van der Waals surface area contributed by atoms with Crippen molar-refractivity contribution in [3.8, 4) is 11.5 Å². The van der Waals surface area contributed by atoms with E-state index < -0.39 is 0 Å². The van der Waals surface area contributed by atoms with Crippen molar-refractivity contribution in [3.63, 3.8) is 0 Å². The number of hydrogen-bond donors (Lipinski definition) is 1. The number of benzene rings is 1. The second kappa shape index (κ2) is 7.84. The number of fused-ring (bicyclic) bond motifs is 1. The number of H-pyrrole nitrogens is 1. The van der Waals surface area contributed by atoms with Crippen LogP contribution in [0.2, 0.25) is 0 Å². The summed E-state index contributed by atoms with van der Waals surface area (Å²) in [6.07, 6.45) is 2.85. The maximum atomic E-state index is 4.78. The molecule has 0 amide bonds. The van der Waals surface area contributed by atoms with Crippen LogP contribution in [0.5, 0.6) is 0 Å². The summed E-state index contributed by atoms with van der Waals surface area (Å²) in [5.41, 5.74) is 4.18. The van der Waals surface area contributed by atoms with Gasteiger partial charge in [0.2, 0.25) is 5.82 Å². The summed E-state index contributed by atoms with van der Waals surface area (Å²) in [5.74, 6) is 0.541. The number of thiazole rings is 1. The van der Waals surface area contributed by atoms with E-state index in [1.165, 1.54) is 15.3 Å². The monoisotopic (exact) mass is 406 g/mol. The molecule has 8 nitrogen and oxygen atoms in total. The number of nitrogens with zero attached hydrogens (tertiary/aromatic N) is 7. The minimum absolute atomic E-state index is 0.541. The smallest absolute Gasteiger partial charge is 0.225 e. The summed E-state index contributed by atoms with van der Waals surface area (Å²) in [5, 5.41) is 15.7. The van der Waals surface area contributed by atoms with Crippen LogP contribution in [0.25, 0.3) is 21.7 Å². The summed E-state index contributed by atoms with van der Waals surface area (Å²) < 4.78 is 1.26. The molecule has 0 spiro atoms. The van der Waals surface area contributed by atoms with Crippen LogP contribution in [0.15, 0.2) is 36.5 Å². The molecule has 0 atom stereocenters. The molecule has 0 radical (unpaired) electrons. The molecule has 1 aromatic carbocycles. The van der Waals surface area contributed by atoms with Crippen LogP contribution >= 0.6 is 11.3 Å². The number of pyridine rings is 1. The van der Waals surface area contributed by atoms with Gasteiger partial charge in [0.25, 0.3) is 0 Å². The number of aryl methyl sites for hydroxylation is 1. The summed E-state index contributed by atoms with van der Waals surface area (Å²) in [7, 11) is 0. The fourth-order valence-electron chi connectivity index (χ4n) is 3.69. The Morgan fingerprint density at radius 2 is 2.00 bits per heavy atom. The van der Waals surface area contributed by atoms with E-state index >= 15 is 0 Å². The van der Waals surface area contributed by atoms with Crippen molar-refractivity contribution in [1.82, 2.24) is 35.5 Å². The summed E-state index contributed by atoms with van der Waals surface area (Å²) in [4.78, 5) is 14.3. The van der Waals surface area contributed by atoms with Crippen LogP contribution in [0.1, 0.15) is 17.5 Å². The number of anilines is 1. The molecule has 0 aliphatic carbocycles. The highest BCUT2D eigenvalue weighted by Crippen LogP contribution is 2.29. The van der Waals surface area contributed by atoms with Gasteiger partial charge in [-0.25, -0.2) is 4.98 Å². The van der Waals surface area contributed by atoms with Crippen molar-refractivity contribution in [3.05, 3.63) is 47.1 Å². The van der Waals surface area contributed by atoms with Crippen LogP contribution in [0.3, 0.4) is 0 Å². The average Bonchev–Trinajstić information content (AvgIpc) is 3.43. The average molecular weight is 407 g/mol. The molecule has 0 saturated carbocycles. The van der Waals surface area contributed by atoms with Crippen LogP contribution in [0.4, 0.5) is 5.69 Å².